The molecule has 0 aliphatic carbocycles. The quantitative estimate of drug-likeness (QED) is 0.792. The Hall–Kier alpha value is -2.34. The van der Waals surface area contributed by atoms with Crippen molar-refractivity contribution in [1.29, 1.82) is 0 Å². The number of urea groups is 1. The van der Waals surface area contributed by atoms with Crippen molar-refractivity contribution >= 4 is 11.7 Å². The van der Waals surface area contributed by atoms with E-state index in [1.54, 1.807) is 6.26 Å². The molecular formula is C16H21N3O3. The van der Waals surface area contributed by atoms with E-state index >= 15 is 0 Å². The highest BCUT2D eigenvalue weighted by molar-refractivity contribution is 5.90. The van der Waals surface area contributed by atoms with Gasteiger partial charge in [0.15, 0.2) is 0 Å². The molecule has 118 valence electrons. The summed E-state index contributed by atoms with van der Waals surface area (Å²) in [4.78, 5) is 16.2. The molecule has 2 rings (SSSR count). The molecule has 0 aliphatic heterocycles. The first-order chi connectivity index (χ1) is 10.5. The smallest absolute Gasteiger partial charge is 0.319 e. The Morgan fingerprint density at radius 1 is 1.41 bits per heavy atom. The molecule has 1 aromatic carbocycles. The van der Waals surface area contributed by atoms with E-state index in [4.69, 9.17) is 9.52 Å². The average molecular weight is 303 g/mol. The zero-order valence-electron chi connectivity index (χ0n) is 13.0. The summed E-state index contributed by atoms with van der Waals surface area (Å²) < 4.78 is 5.42. The van der Waals surface area contributed by atoms with Gasteiger partial charge in [-0.05, 0) is 44.9 Å². The summed E-state index contributed by atoms with van der Waals surface area (Å²) in [7, 11) is 0. The fourth-order valence-electron chi connectivity index (χ4n) is 2.06. The van der Waals surface area contributed by atoms with Gasteiger partial charge in [0.1, 0.15) is 6.26 Å². The minimum Gasteiger partial charge on any atom is -0.444 e. The molecule has 1 heterocycles. The van der Waals surface area contributed by atoms with Gasteiger partial charge in [0.25, 0.3) is 0 Å². The van der Waals surface area contributed by atoms with Crippen LogP contribution in [0.15, 0.2) is 28.9 Å². The number of aryl methyl sites for hydroxylation is 2. The summed E-state index contributed by atoms with van der Waals surface area (Å²) in [5.74, 6) is 0.535. The van der Waals surface area contributed by atoms with Crippen molar-refractivity contribution in [1.82, 2.24) is 10.3 Å². The Morgan fingerprint density at radius 3 is 2.82 bits per heavy atom. The minimum atomic E-state index is -0.306. The van der Waals surface area contributed by atoms with Gasteiger partial charge in [-0.3, -0.25) is 0 Å². The summed E-state index contributed by atoms with van der Waals surface area (Å²) in [6, 6.07) is 5.16. The molecule has 0 spiro atoms. The summed E-state index contributed by atoms with van der Waals surface area (Å²) in [5, 5.41) is 14.4. The molecule has 0 fully saturated rings. The van der Waals surface area contributed by atoms with Crippen LogP contribution >= 0.6 is 0 Å². The summed E-state index contributed by atoms with van der Waals surface area (Å²) in [6.45, 7) is 5.70. The van der Waals surface area contributed by atoms with Crippen LogP contribution in [0.5, 0.6) is 0 Å². The van der Waals surface area contributed by atoms with Crippen molar-refractivity contribution in [3.63, 3.8) is 0 Å². The van der Waals surface area contributed by atoms with Gasteiger partial charge in [-0.15, -0.1) is 0 Å². The molecule has 0 radical (unpaired) electrons. The van der Waals surface area contributed by atoms with E-state index in [9.17, 15) is 4.79 Å². The number of nitrogens with zero attached hydrogens (tertiary/aromatic N) is 1. The standard InChI is InChI=1S/C16H21N3O3/c1-10-4-5-13(19-16(21)18-11(2)6-7-20)8-14(10)15-17-12(3)9-22-15/h4-5,8-9,11,20H,6-7H2,1-3H3,(H2,18,19,21)/t11-/m1/s1. The zero-order valence-corrected chi connectivity index (χ0v) is 13.0. The lowest BCUT2D eigenvalue weighted by Gasteiger charge is -2.14. The molecule has 22 heavy (non-hydrogen) atoms. The predicted octanol–water partition coefficient (Wildman–Crippen LogP) is 2.85. The van der Waals surface area contributed by atoms with Gasteiger partial charge in [0.05, 0.1) is 5.69 Å². The molecule has 3 N–H and O–H groups in total. The fourth-order valence-corrected chi connectivity index (χ4v) is 2.06. The van der Waals surface area contributed by atoms with Crippen molar-refractivity contribution in [3.05, 3.63) is 35.7 Å². The Balaban J connectivity index is 2.11. The first-order valence-electron chi connectivity index (χ1n) is 7.21. The molecular weight excluding hydrogens is 282 g/mol. The predicted molar refractivity (Wildman–Crippen MR) is 84.7 cm³/mol. The second-order valence-electron chi connectivity index (χ2n) is 5.34. The topological polar surface area (TPSA) is 87.4 Å². The first-order valence-corrected chi connectivity index (χ1v) is 7.21. The maximum Gasteiger partial charge on any atom is 0.319 e. The van der Waals surface area contributed by atoms with Gasteiger partial charge < -0.3 is 20.2 Å². The van der Waals surface area contributed by atoms with E-state index < -0.39 is 0 Å². The highest BCUT2D eigenvalue weighted by atomic mass is 16.3. The van der Waals surface area contributed by atoms with Gasteiger partial charge in [-0.2, -0.15) is 0 Å². The van der Waals surface area contributed by atoms with Gasteiger partial charge in [0.2, 0.25) is 5.89 Å². The summed E-state index contributed by atoms with van der Waals surface area (Å²) >= 11 is 0. The van der Waals surface area contributed by atoms with Crippen LogP contribution in [0.1, 0.15) is 24.6 Å². The van der Waals surface area contributed by atoms with Crippen molar-refractivity contribution in [2.45, 2.75) is 33.2 Å². The largest absolute Gasteiger partial charge is 0.444 e. The number of aromatic nitrogens is 1. The van der Waals surface area contributed by atoms with Crippen LogP contribution in [0.25, 0.3) is 11.5 Å². The molecule has 0 saturated carbocycles. The van der Waals surface area contributed by atoms with Crippen LogP contribution in [-0.4, -0.2) is 28.8 Å². The molecule has 0 unspecified atom stereocenters. The van der Waals surface area contributed by atoms with Crippen LogP contribution in [-0.2, 0) is 0 Å². The van der Waals surface area contributed by atoms with Crippen molar-refractivity contribution in [2.75, 3.05) is 11.9 Å². The second kappa shape index (κ2) is 7.09. The minimum absolute atomic E-state index is 0.0413. The molecule has 1 aromatic heterocycles. The molecule has 2 amide bonds. The number of rotatable bonds is 5. The molecule has 0 bridgehead atoms. The Bertz CT molecular complexity index is 652. The van der Waals surface area contributed by atoms with Crippen molar-refractivity contribution in [3.8, 4) is 11.5 Å². The van der Waals surface area contributed by atoms with Crippen molar-refractivity contribution in [2.24, 2.45) is 0 Å². The lowest BCUT2D eigenvalue weighted by Crippen LogP contribution is -2.36. The Morgan fingerprint density at radius 2 is 2.18 bits per heavy atom. The van der Waals surface area contributed by atoms with E-state index in [-0.39, 0.29) is 18.7 Å². The third-order valence-corrected chi connectivity index (χ3v) is 3.28. The van der Waals surface area contributed by atoms with Gasteiger partial charge >= 0.3 is 6.03 Å². The van der Waals surface area contributed by atoms with E-state index in [1.165, 1.54) is 0 Å². The molecule has 2 aromatic rings. The fraction of sp³-hybridized carbons (Fsp3) is 0.375. The van der Waals surface area contributed by atoms with Crippen LogP contribution in [0, 0.1) is 13.8 Å². The number of amides is 2. The van der Waals surface area contributed by atoms with Gasteiger partial charge in [0, 0.05) is 23.9 Å². The van der Waals surface area contributed by atoms with E-state index in [2.05, 4.69) is 15.6 Å². The number of benzene rings is 1. The average Bonchev–Trinajstić information content (AvgIpc) is 2.87. The van der Waals surface area contributed by atoms with Crippen LogP contribution < -0.4 is 10.6 Å². The van der Waals surface area contributed by atoms with Crippen LogP contribution in [0.2, 0.25) is 0 Å². The van der Waals surface area contributed by atoms with Crippen LogP contribution in [0.4, 0.5) is 10.5 Å². The first kappa shape index (κ1) is 16.0. The number of anilines is 1. The maximum atomic E-state index is 11.9. The molecule has 0 saturated heterocycles. The SMILES string of the molecule is Cc1coc(-c2cc(NC(=O)N[C@H](C)CCO)ccc2C)n1. The Kier molecular flexibility index (Phi) is 5.16. The van der Waals surface area contributed by atoms with E-state index in [1.807, 2.05) is 39.0 Å². The highest BCUT2D eigenvalue weighted by Crippen LogP contribution is 2.26. The highest BCUT2D eigenvalue weighted by Gasteiger charge is 2.11. The number of nitrogens with one attached hydrogen (secondary N) is 2. The molecule has 6 nitrogen and oxygen atoms in total. The lowest BCUT2D eigenvalue weighted by molar-refractivity contribution is 0.241. The molecule has 0 aliphatic rings. The normalized spacial score (nSPS) is 12.0. The van der Waals surface area contributed by atoms with E-state index in [0.29, 0.717) is 18.0 Å². The third kappa shape index (κ3) is 4.08. The zero-order chi connectivity index (χ0) is 16.1. The second-order valence-corrected chi connectivity index (χ2v) is 5.34. The number of carbonyl (C=O) groups is 1. The maximum absolute atomic E-state index is 11.9. The number of aliphatic hydroxyl groups excluding tert-OH is 1. The number of carbonyl (C=O) groups excluding carboxylic acids is 1. The monoisotopic (exact) mass is 303 g/mol. The molecule has 6 heteroatoms. The third-order valence-electron chi connectivity index (χ3n) is 3.28. The lowest BCUT2D eigenvalue weighted by atomic mass is 10.1. The summed E-state index contributed by atoms with van der Waals surface area (Å²) in [6.07, 6.45) is 2.11. The molecule has 1 atom stereocenters. The van der Waals surface area contributed by atoms with Gasteiger partial charge in [-0.1, -0.05) is 6.07 Å². The number of hydrogen-bond donors (Lipinski definition) is 3. The van der Waals surface area contributed by atoms with Crippen molar-refractivity contribution < 1.29 is 14.3 Å². The Labute approximate surface area is 129 Å². The number of hydrogen-bond acceptors (Lipinski definition) is 4. The van der Waals surface area contributed by atoms with E-state index in [0.717, 1.165) is 16.8 Å². The number of aliphatic hydroxyl groups is 1. The number of oxazole rings is 1. The van der Waals surface area contributed by atoms with Gasteiger partial charge in [-0.25, -0.2) is 9.78 Å². The summed E-state index contributed by atoms with van der Waals surface area (Å²) in [5.41, 5.74) is 3.32. The van der Waals surface area contributed by atoms with Crippen LogP contribution in [0.3, 0.4) is 0 Å².